The van der Waals surface area contributed by atoms with Gasteiger partial charge in [0.1, 0.15) is 11.1 Å². The van der Waals surface area contributed by atoms with E-state index in [0.717, 1.165) is 0 Å². The predicted molar refractivity (Wildman–Crippen MR) is 58.7 cm³/mol. The van der Waals surface area contributed by atoms with E-state index >= 15 is 0 Å². The topological polar surface area (TPSA) is 116 Å². The van der Waals surface area contributed by atoms with E-state index in [0.29, 0.717) is 19.4 Å². The normalized spacial score (nSPS) is 15.2. The molecule has 0 fully saturated rings. The van der Waals surface area contributed by atoms with Crippen LogP contribution in [0.3, 0.4) is 0 Å². The molecule has 16 heavy (non-hydrogen) atoms. The summed E-state index contributed by atoms with van der Waals surface area (Å²) in [5, 5.41) is 9.08. The fraction of sp³-hybridized carbons (Fsp3) is 0.800. The summed E-state index contributed by atoms with van der Waals surface area (Å²) < 4.78 is 4.80. The van der Waals surface area contributed by atoms with Gasteiger partial charge in [-0.15, -0.1) is 0 Å². The third-order valence-corrected chi connectivity index (χ3v) is 2.36. The highest BCUT2D eigenvalue weighted by Crippen LogP contribution is 2.25. The molecule has 0 saturated carbocycles. The number of carbonyl (C=O) groups is 2. The summed E-state index contributed by atoms with van der Waals surface area (Å²) in [5.74, 6) is -1.11. The molecule has 0 aromatic heterocycles. The molecule has 6 heteroatoms. The van der Waals surface area contributed by atoms with Crippen molar-refractivity contribution in [1.82, 2.24) is 0 Å². The van der Waals surface area contributed by atoms with E-state index in [2.05, 4.69) is 0 Å². The summed E-state index contributed by atoms with van der Waals surface area (Å²) in [6.07, 6.45) is 0.818. The summed E-state index contributed by atoms with van der Waals surface area (Å²) in [6.45, 7) is 3.91. The first-order chi connectivity index (χ1) is 7.27. The Morgan fingerprint density at radius 1 is 1.50 bits per heavy atom. The van der Waals surface area contributed by atoms with E-state index < -0.39 is 17.1 Å². The van der Waals surface area contributed by atoms with E-state index in [1.807, 2.05) is 0 Å². The highest BCUT2D eigenvalue weighted by Gasteiger charge is 2.40. The van der Waals surface area contributed by atoms with Crippen molar-refractivity contribution in [2.75, 3.05) is 6.54 Å². The van der Waals surface area contributed by atoms with Crippen LogP contribution in [-0.2, 0) is 14.3 Å². The number of carbonyl (C=O) groups excluding carboxylic acids is 1. The van der Waals surface area contributed by atoms with Gasteiger partial charge in [-0.05, 0) is 33.2 Å². The highest BCUT2D eigenvalue weighted by molar-refractivity contribution is 5.78. The number of rotatable bonds is 8. The van der Waals surface area contributed by atoms with Crippen molar-refractivity contribution in [2.24, 2.45) is 11.5 Å². The maximum Gasteiger partial charge on any atom is 0.323 e. The molecule has 0 saturated heterocycles. The van der Waals surface area contributed by atoms with Crippen LogP contribution in [0.5, 0.6) is 0 Å². The zero-order valence-electron chi connectivity index (χ0n) is 9.73. The van der Waals surface area contributed by atoms with Crippen LogP contribution in [0.15, 0.2) is 0 Å². The van der Waals surface area contributed by atoms with E-state index in [4.69, 9.17) is 21.3 Å². The Kier molecular flexibility index (Phi) is 5.40. The second-order valence-corrected chi connectivity index (χ2v) is 4.50. The summed E-state index contributed by atoms with van der Waals surface area (Å²) in [7, 11) is 0. The minimum atomic E-state index is -1.41. The van der Waals surface area contributed by atoms with Crippen LogP contribution in [0.25, 0.3) is 0 Å². The summed E-state index contributed by atoms with van der Waals surface area (Å²) in [6, 6.07) is 0. The molecule has 0 aliphatic carbocycles. The van der Waals surface area contributed by atoms with Crippen molar-refractivity contribution in [2.45, 2.75) is 44.2 Å². The largest absolute Gasteiger partial charge is 0.480 e. The van der Waals surface area contributed by atoms with Gasteiger partial charge in [0.2, 0.25) is 0 Å². The molecular formula is C10H20N2O4. The predicted octanol–water partition coefficient (Wildman–Crippen LogP) is -0.151. The summed E-state index contributed by atoms with van der Waals surface area (Å²) in [5.41, 5.74) is 8.80. The van der Waals surface area contributed by atoms with Gasteiger partial charge in [0.05, 0.1) is 0 Å². The molecule has 94 valence electrons. The van der Waals surface area contributed by atoms with Gasteiger partial charge in [-0.1, -0.05) is 0 Å². The Balaban J connectivity index is 4.66. The first-order valence-corrected chi connectivity index (χ1v) is 5.11. The first kappa shape index (κ1) is 14.9. The third kappa shape index (κ3) is 4.59. The Hall–Kier alpha value is -1.14. The molecule has 6 nitrogen and oxygen atoms in total. The van der Waals surface area contributed by atoms with Crippen LogP contribution in [-0.4, -0.2) is 35.2 Å². The molecule has 5 N–H and O–H groups in total. The van der Waals surface area contributed by atoms with Gasteiger partial charge in [-0.2, -0.15) is 0 Å². The van der Waals surface area contributed by atoms with Crippen molar-refractivity contribution in [3.63, 3.8) is 0 Å². The van der Waals surface area contributed by atoms with E-state index in [-0.39, 0.29) is 12.8 Å². The number of ether oxygens (including phenoxy) is 1. The smallest absolute Gasteiger partial charge is 0.323 e. The SMILES string of the molecule is CC(C)(C[C@@](N)(CCCN)C(=O)O)OC=O. The van der Waals surface area contributed by atoms with E-state index in [1.165, 1.54) is 0 Å². The number of carboxylic acids is 1. The maximum atomic E-state index is 11.1. The van der Waals surface area contributed by atoms with Crippen LogP contribution in [0.4, 0.5) is 0 Å². The Morgan fingerprint density at radius 3 is 2.44 bits per heavy atom. The summed E-state index contributed by atoms with van der Waals surface area (Å²) in [4.78, 5) is 21.4. The van der Waals surface area contributed by atoms with Crippen molar-refractivity contribution >= 4 is 12.4 Å². The van der Waals surface area contributed by atoms with Gasteiger partial charge in [0.15, 0.2) is 0 Å². The minimum absolute atomic E-state index is 0.0497. The Morgan fingerprint density at radius 2 is 2.06 bits per heavy atom. The van der Waals surface area contributed by atoms with Gasteiger partial charge in [-0.3, -0.25) is 9.59 Å². The number of carboxylic acid groups (broad SMARTS) is 1. The lowest BCUT2D eigenvalue weighted by molar-refractivity contribution is -0.152. The molecule has 0 radical (unpaired) electrons. The lowest BCUT2D eigenvalue weighted by atomic mass is 9.83. The monoisotopic (exact) mass is 232 g/mol. The van der Waals surface area contributed by atoms with Crippen LogP contribution in [0.2, 0.25) is 0 Å². The zero-order valence-corrected chi connectivity index (χ0v) is 9.73. The van der Waals surface area contributed by atoms with Crippen LogP contribution in [0, 0.1) is 0 Å². The van der Waals surface area contributed by atoms with Crippen molar-refractivity contribution < 1.29 is 19.4 Å². The lowest BCUT2D eigenvalue weighted by Crippen LogP contribution is -2.53. The van der Waals surface area contributed by atoms with Crippen molar-refractivity contribution in [3.8, 4) is 0 Å². The van der Waals surface area contributed by atoms with Gasteiger partial charge in [0, 0.05) is 6.42 Å². The average Bonchev–Trinajstić information content (AvgIpc) is 2.13. The molecule has 0 aliphatic rings. The molecule has 0 aliphatic heterocycles. The number of nitrogens with two attached hydrogens (primary N) is 2. The van der Waals surface area contributed by atoms with Gasteiger partial charge in [-0.25, -0.2) is 0 Å². The zero-order chi connectivity index (χ0) is 12.8. The number of hydrogen-bond acceptors (Lipinski definition) is 5. The van der Waals surface area contributed by atoms with Gasteiger partial charge < -0.3 is 21.3 Å². The minimum Gasteiger partial charge on any atom is -0.480 e. The number of aliphatic carboxylic acids is 1. The van der Waals surface area contributed by atoms with Crippen molar-refractivity contribution in [1.29, 1.82) is 0 Å². The molecule has 0 aromatic carbocycles. The molecular weight excluding hydrogens is 212 g/mol. The van der Waals surface area contributed by atoms with Gasteiger partial charge in [0.25, 0.3) is 6.47 Å². The molecule has 0 rings (SSSR count). The molecule has 0 aromatic rings. The summed E-state index contributed by atoms with van der Waals surface area (Å²) >= 11 is 0. The number of hydrogen-bond donors (Lipinski definition) is 3. The quantitative estimate of drug-likeness (QED) is 0.501. The molecule has 1 atom stereocenters. The fourth-order valence-corrected chi connectivity index (χ4v) is 1.62. The molecule has 0 unspecified atom stereocenters. The van der Waals surface area contributed by atoms with E-state index in [1.54, 1.807) is 13.8 Å². The molecule has 0 spiro atoms. The molecule has 0 amide bonds. The van der Waals surface area contributed by atoms with Crippen LogP contribution < -0.4 is 11.5 Å². The standard InChI is InChI=1S/C10H20N2O4/c1-9(2,16-7-13)6-10(12,8(14)15)4-3-5-11/h7H,3-6,11-12H2,1-2H3,(H,14,15)/t10-/m0/s1. The average molecular weight is 232 g/mol. The van der Waals surface area contributed by atoms with E-state index in [9.17, 15) is 9.59 Å². The third-order valence-electron chi connectivity index (χ3n) is 2.36. The highest BCUT2D eigenvalue weighted by atomic mass is 16.5. The first-order valence-electron chi connectivity index (χ1n) is 5.11. The molecule has 0 heterocycles. The van der Waals surface area contributed by atoms with Crippen LogP contribution >= 0.6 is 0 Å². The second-order valence-electron chi connectivity index (χ2n) is 4.50. The Labute approximate surface area is 94.9 Å². The van der Waals surface area contributed by atoms with Crippen LogP contribution in [0.1, 0.15) is 33.1 Å². The maximum absolute atomic E-state index is 11.1. The van der Waals surface area contributed by atoms with Crippen molar-refractivity contribution in [3.05, 3.63) is 0 Å². The second kappa shape index (κ2) is 5.81. The fourth-order valence-electron chi connectivity index (χ4n) is 1.62. The lowest BCUT2D eigenvalue weighted by Gasteiger charge is -2.33. The Bertz CT molecular complexity index is 255. The molecule has 0 bridgehead atoms. The van der Waals surface area contributed by atoms with Gasteiger partial charge >= 0.3 is 5.97 Å².